The van der Waals surface area contributed by atoms with Crippen LogP contribution in [0.3, 0.4) is 0 Å². The lowest BCUT2D eigenvalue weighted by Gasteiger charge is -2.26. The lowest BCUT2D eigenvalue weighted by molar-refractivity contribution is -0.126. The fourth-order valence-corrected chi connectivity index (χ4v) is 2.26. The molecule has 2 rings (SSSR count). The number of azo groups is 1. The van der Waals surface area contributed by atoms with Crippen molar-refractivity contribution in [1.82, 2.24) is 0 Å². The Labute approximate surface area is 149 Å². The maximum atomic E-state index is 13.2. The van der Waals surface area contributed by atoms with Crippen LogP contribution < -0.4 is 0 Å². The van der Waals surface area contributed by atoms with E-state index in [0.29, 0.717) is 11.3 Å². The van der Waals surface area contributed by atoms with Gasteiger partial charge in [-0.05, 0) is 47.4 Å². The van der Waals surface area contributed by atoms with Crippen LogP contribution >= 0.6 is 0 Å². The lowest BCUT2D eigenvalue weighted by atomic mass is 9.78. The van der Waals surface area contributed by atoms with Gasteiger partial charge in [0.05, 0.1) is 23.5 Å². The maximum Gasteiger partial charge on any atom is 0.420 e. The molecule has 0 atom stereocenters. The molecule has 0 aromatic heterocycles. The van der Waals surface area contributed by atoms with Crippen molar-refractivity contribution in [2.75, 3.05) is 0 Å². The summed E-state index contributed by atoms with van der Waals surface area (Å²) in [5, 5.41) is 16.4. The normalized spacial score (nSPS) is 17.3. The molecule has 0 radical (unpaired) electrons. The van der Waals surface area contributed by atoms with Crippen LogP contribution in [-0.4, -0.2) is 12.0 Å². The van der Waals surface area contributed by atoms with Gasteiger partial charge in [-0.2, -0.15) is 28.7 Å². The second-order valence-electron chi connectivity index (χ2n) is 6.70. The predicted octanol–water partition coefficient (Wildman–Crippen LogP) is 5.57. The van der Waals surface area contributed by atoms with Gasteiger partial charge in [0.25, 0.3) is 0 Å². The Morgan fingerprint density at radius 3 is 2.12 bits per heavy atom. The van der Waals surface area contributed by atoms with Crippen molar-refractivity contribution >= 4 is 11.5 Å². The third kappa shape index (κ3) is 4.54. The van der Waals surface area contributed by atoms with E-state index in [1.807, 2.05) is 6.07 Å². The summed E-state index contributed by atoms with van der Waals surface area (Å²) < 4.78 is 39.5. The zero-order valence-electron chi connectivity index (χ0n) is 14.4. The van der Waals surface area contributed by atoms with Gasteiger partial charge in [0.2, 0.25) is 0 Å². The molecule has 0 amide bonds. The topological polar surface area (TPSA) is 65.6 Å². The molecule has 1 aliphatic rings. The molecule has 7 heteroatoms. The van der Waals surface area contributed by atoms with Gasteiger partial charge in [0.15, 0.2) is 5.78 Å². The number of nitriles is 1. The van der Waals surface area contributed by atoms with Crippen LogP contribution in [0.5, 0.6) is 0 Å². The number of carbonyl (C=O) groups is 1. The fourth-order valence-electron chi connectivity index (χ4n) is 2.26. The van der Waals surface area contributed by atoms with Gasteiger partial charge in [-0.15, -0.1) is 0 Å². The van der Waals surface area contributed by atoms with E-state index in [1.165, 1.54) is 12.3 Å². The number of ketones is 1. The molecule has 0 fully saturated rings. The number of hydrogen-bond acceptors (Lipinski definition) is 4. The number of hydrogen-bond donors (Lipinski definition) is 0. The van der Waals surface area contributed by atoms with E-state index in [-0.39, 0.29) is 11.1 Å². The highest BCUT2D eigenvalue weighted by Crippen LogP contribution is 2.38. The summed E-state index contributed by atoms with van der Waals surface area (Å²) in [5.41, 5.74) is -0.849. The molecule has 1 aliphatic carbocycles. The number of rotatable bonds is 2. The number of alkyl halides is 3. The first kappa shape index (κ1) is 19.3. The molecule has 0 aliphatic heterocycles. The Morgan fingerprint density at radius 1 is 1.04 bits per heavy atom. The maximum absolute atomic E-state index is 13.2. The Hall–Kier alpha value is -3.01. The summed E-state index contributed by atoms with van der Waals surface area (Å²) in [6.45, 7) is 5.02. The van der Waals surface area contributed by atoms with Crippen LogP contribution in [0.15, 0.2) is 69.6 Å². The van der Waals surface area contributed by atoms with Crippen molar-refractivity contribution in [3.8, 4) is 6.07 Å². The third-order valence-corrected chi connectivity index (χ3v) is 3.60. The van der Waals surface area contributed by atoms with Gasteiger partial charge in [0, 0.05) is 5.57 Å². The first-order valence-electron chi connectivity index (χ1n) is 7.69. The Morgan fingerprint density at radius 2 is 1.62 bits per heavy atom. The van der Waals surface area contributed by atoms with Crippen molar-refractivity contribution < 1.29 is 18.0 Å². The molecule has 26 heavy (non-hydrogen) atoms. The highest BCUT2D eigenvalue weighted by molar-refractivity contribution is 6.11. The second-order valence-corrected chi connectivity index (χ2v) is 6.70. The highest BCUT2D eigenvalue weighted by atomic mass is 19.4. The first-order valence-corrected chi connectivity index (χ1v) is 7.69. The van der Waals surface area contributed by atoms with Crippen LogP contribution in [0.25, 0.3) is 0 Å². The molecular weight excluding hydrogens is 343 g/mol. The van der Waals surface area contributed by atoms with E-state index in [9.17, 15) is 18.0 Å². The third-order valence-electron chi connectivity index (χ3n) is 3.60. The standard InChI is InChI=1S/C19H16F3N3O/c1-18(2,3)15-8-13(9-16(17(15)26)19(20,21)22)11-24-25-14-6-4-12(10-23)5-7-14/h4-9,11H,1-3H3. The summed E-state index contributed by atoms with van der Waals surface area (Å²) in [4.78, 5) is 12.2. The monoisotopic (exact) mass is 359 g/mol. The van der Waals surface area contributed by atoms with Gasteiger partial charge in [-0.25, -0.2) is 0 Å². The molecule has 0 saturated heterocycles. The smallest absolute Gasteiger partial charge is 0.289 e. The highest BCUT2D eigenvalue weighted by Gasteiger charge is 2.43. The van der Waals surface area contributed by atoms with E-state index >= 15 is 0 Å². The average Bonchev–Trinajstić information content (AvgIpc) is 2.54. The van der Waals surface area contributed by atoms with E-state index in [2.05, 4.69) is 10.2 Å². The van der Waals surface area contributed by atoms with Crippen molar-refractivity contribution in [1.29, 1.82) is 5.26 Å². The Bertz CT molecular complexity index is 839. The van der Waals surface area contributed by atoms with Crippen LogP contribution in [0, 0.1) is 16.7 Å². The minimum Gasteiger partial charge on any atom is -0.289 e. The molecule has 0 N–H and O–H groups in total. The van der Waals surface area contributed by atoms with Crippen molar-refractivity contribution in [2.45, 2.75) is 26.9 Å². The van der Waals surface area contributed by atoms with Crippen molar-refractivity contribution in [2.24, 2.45) is 15.6 Å². The minimum absolute atomic E-state index is 0.0622. The summed E-state index contributed by atoms with van der Waals surface area (Å²) in [5.74, 6) is -1.02. The molecule has 0 unspecified atom stereocenters. The lowest BCUT2D eigenvalue weighted by Crippen LogP contribution is -2.29. The van der Waals surface area contributed by atoms with Gasteiger partial charge in [-0.1, -0.05) is 20.8 Å². The van der Waals surface area contributed by atoms with E-state index in [4.69, 9.17) is 5.26 Å². The summed E-state index contributed by atoms with van der Waals surface area (Å²) >= 11 is 0. The minimum atomic E-state index is -4.74. The van der Waals surface area contributed by atoms with Gasteiger partial charge in [-0.3, -0.25) is 4.79 Å². The van der Waals surface area contributed by atoms with Gasteiger partial charge in [0.1, 0.15) is 5.57 Å². The van der Waals surface area contributed by atoms with Crippen LogP contribution in [0.1, 0.15) is 26.3 Å². The molecule has 0 bridgehead atoms. The number of Topliss-reactive ketones (excluding diaryl/α,β-unsaturated/α-hetero) is 1. The molecule has 0 heterocycles. The van der Waals surface area contributed by atoms with Gasteiger partial charge >= 0.3 is 6.18 Å². The first-order chi connectivity index (χ1) is 12.0. The fraction of sp³-hybridized carbons (Fsp3) is 0.263. The SMILES string of the molecule is CC(C)(C)C1=CC(=CN=Nc2ccc(C#N)cc2)C=C(C(F)(F)F)C1=O. The second kappa shape index (κ2) is 7.08. The number of allylic oxidation sites excluding steroid dienone is 5. The molecule has 134 valence electrons. The van der Waals surface area contributed by atoms with Crippen molar-refractivity contribution in [3.63, 3.8) is 0 Å². The quantitative estimate of drug-likeness (QED) is 0.648. The predicted molar refractivity (Wildman–Crippen MR) is 90.4 cm³/mol. The van der Waals surface area contributed by atoms with E-state index in [1.54, 1.807) is 45.0 Å². The molecule has 1 aromatic carbocycles. The van der Waals surface area contributed by atoms with Crippen LogP contribution in [-0.2, 0) is 4.79 Å². The molecule has 0 saturated carbocycles. The number of nitrogens with zero attached hydrogens (tertiary/aromatic N) is 3. The van der Waals surface area contributed by atoms with Crippen LogP contribution in [0.2, 0.25) is 0 Å². The molecule has 1 aromatic rings. The zero-order chi connectivity index (χ0) is 19.5. The molecule has 0 spiro atoms. The molecule has 4 nitrogen and oxygen atoms in total. The van der Waals surface area contributed by atoms with Crippen LogP contribution in [0.4, 0.5) is 18.9 Å². The zero-order valence-corrected chi connectivity index (χ0v) is 14.4. The summed E-state index contributed by atoms with van der Waals surface area (Å²) in [6.07, 6.45) is -1.40. The van der Waals surface area contributed by atoms with Gasteiger partial charge < -0.3 is 0 Å². The molecular formula is C19H16F3N3O. The van der Waals surface area contributed by atoms with E-state index < -0.39 is 22.9 Å². The largest absolute Gasteiger partial charge is 0.420 e. The summed E-state index contributed by atoms with van der Waals surface area (Å²) in [7, 11) is 0. The Kier molecular flexibility index (Phi) is 5.26. The summed E-state index contributed by atoms with van der Waals surface area (Å²) in [6, 6.07) is 8.21. The van der Waals surface area contributed by atoms with Crippen molar-refractivity contribution in [3.05, 3.63) is 64.9 Å². The number of carbonyl (C=O) groups excluding carboxylic acids is 1. The number of benzene rings is 1. The number of halogens is 3. The Balaban J connectivity index is 2.37. The average molecular weight is 359 g/mol. The van der Waals surface area contributed by atoms with E-state index in [0.717, 1.165) is 6.08 Å².